The predicted molar refractivity (Wildman–Crippen MR) is 75.4 cm³/mol. The van der Waals surface area contributed by atoms with Gasteiger partial charge in [0.15, 0.2) is 0 Å². The molecule has 0 aliphatic heterocycles. The summed E-state index contributed by atoms with van der Waals surface area (Å²) in [5.74, 6) is 0. The van der Waals surface area contributed by atoms with Crippen LogP contribution in [0, 0.1) is 6.42 Å². The molecule has 0 aromatic carbocycles. The summed E-state index contributed by atoms with van der Waals surface area (Å²) < 4.78 is 0. The van der Waals surface area contributed by atoms with Crippen LogP contribution in [0.4, 0.5) is 0 Å². The first-order valence-electron chi connectivity index (χ1n) is 5.36. The normalized spacial score (nSPS) is 7.71. The summed E-state index contributed by atoms with van der Waals surface area (Å²) in [5, 5.41) is 0. The second kappa shape index (κ2) is 29.2. The molecule has 0 fully saturated rings. The van der Waals surface area contributed by atoms with E-state index in [1.165, 1.54) is 44.6 Å². The smallest absolute Gasteiger partial charge is 0.335 e. The molecule has 0 spiro atoms. The van der Waals surface area contributed by atoms with Crippen molar-refractivity contribution in [3.8, 4) is 0 Å². The average molecular weight is 247 g/mol. The molecule has 0 saturated heterocycles. The largest absolute Gasteiger partial charge is 2.00 e. The van der Waals surface area contributed by atoms with E-state index in [1.807, 2.05) is 20.3 Å². The summed E-state index contributed by atoms with van der Waals surface area (Å²) in [6.07, 6.45) is 10.6. The summed E-state index contributed by atoms with van der Waals surface area (Å²) in [6, 6.07) is 1.39. The second-order valence-corrected chi connectivity index (χ2v) is 3.91. The molecule has 0 aliphatic carbocycles. The predicted octanol–water partition coefficient (Wildman–Crippen LogP) is 3.67. The first-order chi connectivity index (χ1) is 5.83. The van der Waals surface area contributed by atoms with E-state index in [0.29, 0.717) is 0 Å². The minimum Gasteiger partial charge on any atom is -0.335 e. The third-order valence-electron chi connectivity index (χ3n) is 1.60. The summed E-state index contributed by atoms with van der Waals surface area (Å²) in [7, 11) is 2.09. The van der Waals surface area contributed by atoms with E-state index in [2.05, 4.69) is 17.2 Å². The van der Waals surface area contributed by atoms with Crippen molar-refractivity contribution in [2.75, 3.05) is 0 Å². The molecule has 0 rings (SSSR count). The van der Waals surface area contributed by atoms with E-state index in [1.54, 1.807) is 0 Å². The van der Waals surface area contributed by atoms with Crippen LogP contribution in [0.2, 0.25) is 6.04 Å². The van der Waals surface area contributed by atoms with E-state index in [0.717, 1.165) is 0 Å². The van der Waals surface area contributed by atoms with Crippen molar-refractivity contribution < 1.29 is 0 Å². The van der Waals surface area contributed by atoms with E-state index in [4.69, 9.17) is 0 Å². The van der Waals surface area contributed by atoms with Crippen LogP contribution >= 0.6 is 12.4 Å². The van der Waals surface area contributed by atoms with Crippen LogP contribution in [-0.2, 0) is 0 Å². The Kier molecular flexibility index (Phi) is 51.1. The number of hydrogen-bond donors (Lipinski definition) is 0. The maximum Gasteiger partial charge on any atom is 2.00 e. The van der Waals surface area contributed by atoms with Crippen molar-refractivity contribution in [3.63, 3.8) is 0 Å². The molecule has 0 atom stereocenters. The molecule has 0 unspecified atom stereocenters. The Morgan fingerprint density at radius 3 is 1.64 bits per heavy atom. The van der Waals surface area contributed by atoms with Gasteiger partial charge in [-0.15, -0.1) is 12.4 Å². The van der Waals surface area contributed by atoms with Gasteiger partial charge in [0.1, 0.15) is 0 Å². The molecule has 84 valence electrons. The van der Waals surface area contributed by atoms with Crippen molar-refractivity contribution in [2.45, 2.75) is 65.3 Å². The first kappa shape index (κ1) is 24.5. The summed E-state index contributed by atoms with van der Waals surface area (Å²) >= 11 is 0. The molecule has 0 N–H and O–H groups in total. The van der Waals surface area contributed by atoms with Gasteiger partial charge in [-0.3, -0.25) is 10.2 Å². The second-order valence-electron chi connectivity index (χ2n) is 3.20. The van der Waals surface area contributed by atoms with Gasteiger partial charge < -0.3 is 6.42 Å². The minimum absolute atomic E-state index is 0. The van der Waals surface area contributed by atoms with Gasteiger partial charge in [0.2, 0.25) is 0 Å². The molecular weight excluding hydrogens is 220 g/mol. The van der Waals surface area contributed by atoms with Crippen molar-refractivity contribution in [2.24, 2.45) is 0 Å². The number of rotatable bonds is 6. The molecular formula is C11H27ClMgSi. The van der Waals surface area contributed by atoms with Crippen molar-refractivity contribution in [1.82, 2.24) is 0 Å². The Labute approximate surface area is 117 Å². The Morgan fingerprint density at radius 2 is 1.29 bits per heavy atom. The molecule has 0 saturated carbocycles. The fraction of sp³-hybridized carbons (Fsp3) is 0.909. The number of hydrogen-bond acceptors (Lipinski definition) is 0. The Hall–Kier alpha value is 1.27. The topological polar surface area (TPSA) is 0 Å². The van der Waals surface area contributed by atoms with Gasteiger partial charge in [-0.1, -0.05) is 45.4 Å². The molecule has 0 aromatic rings. The van der Waals surface area contributed by atoms with Crippen molar-refractivity contribution >= 4 is 45.7 Å². The van der Waals surface area contributed by atoms with E-state index < -0.39 is 0 Å². The quantitative estimate of drug-likeness (QED) is 0.381. The van der Waals surface area contributed by atoms with E-state index in [9.17, 15) is 0 Å². The molecule has 0 aromatic heterocycles. The maximum absolute atomic E-state index is 2.27. The van der Waals surface area contributed by atoms with Gasteiger partial charge in [-0.2, -0.15) is 19.9 Å². The Morgan fingerprint density at radius 1 is 0.929 bits per heavy atom. The first-order valence-corrected chi connectivity index (χ1v) is 6.36. The van der Waals surface area contributed by atoms with E-state index >= 15 is 0 Å². The molecule has 0 nitrogen and oxygen atoms in total. The van der Waals surface area contributed by atoms with Crippen LogP contribution in [0.3, 0.4) is 0 Å². The molecule has 3 heteroatoms. The standard InChI is InChI=1S/C8H19Si.C3H7.ClH.Mg/c1-2-3-4-5-6-7-8-9;1-3-2;;/h2-9H2,1H3;3H,1-2H3;1H;/q2*-1;;+2. The fourth-order valence-corrected chi connectivity index (χ4v) is 1.31. The third kappa shape index (κ3) is 37.8. The van der Waals surface area contributed by atoms with Crippen LogP contribution in [0.1, 0.15) is 59.3 Å². The van der Waals surface area contributed by atoms with Crippen LogP contribution in [-0.4, -0.2) is 33.3 Å². The van der Waals surface area contributed by atoms with Crippen molar-refractivity contribution in [3.05, 3.63) is 6.42 Å². The zero-order chi connectivity index (χ0) is 9.66. The Bertz CT molecular complexity index is 57.2. The van der Waals surface area contributed by atoms with Crippen LogP contribution in [0.25, 0.3) is 0 Å². The molecule has 0 bridgehead atoms. The van der Waals surface area contributed by atoms with Gasteiger partial charge in [-0.05, 0) is 0 Å². The van der Waals surface area contributed by atoms with E-state index in [-0.39, 0.29) is 35.5 Å². The third-order valence-corrected chi connectivity index (χ3v) is 2.10. The van der Waals surface area contributed by atoms with Crippen LogP contribution in [0.15, 0.2) is 0 Å². The monoisotopic (exact) mass is 246 g/mol. The molecule has 0 amide bonds. The maximum atomic E-state index is 2.27. The van der Waals surface area contributed by atoms with Crippen molar-refractivity contribution in [1.29, 1.82) is 0 Å². The fourth-order valence-electron chi connectivity index (χ4n) is 0.957. The SMILES string of the molecule is CCCCCCCC[SiH2-].C[CH-]C.Cl.[Mg+2]. The van der Waals surface area contributed by atoms with Gasteiger partial charge >= 0.3 is 23.1 Å². The average Bonchev–Trinajstić information content (AvgIpc) is 2.06. The zero-order valence-electron chi connectivity index (χ0n) is 10.3. The Balaban J connectivity index is -0.0000000891. The summed E-state index contributed by atoms with van der Waals surface area (Å²) in [6.45, 7) is 6.27. The molecule has 0 heterocycles. The van der Waals surface area contributed by atoms with Crippen LogP contribution in [0.5, 0.6) is 0 Å². The minimum atomic E-state index is 0. The van der Waals surface area contributed by atoms with Gasteiger partial charge in [-0.25, -0.2) is 0 Å². The number of halogens is 1. The van der Waals surface area contributed by atoms with Crippen LogP contribution < -0.4 is 0 Å². The number of unbranched alkanes of at least 4 members (excludes halogenated alkanes) is 5. The van der Waals surface area contributed by atoms with Gasteiger partial charge in [0.05, 0.1) is 0 Å². The summed E-state index contributed by atoms with van der Waals surface area (Å²) in [4.78, 5) is 0. The van der Waals surface area contributed by atoms with Gasteiger partial charge in [0.25, 0.3) is 0 Å². The molecule has 0 radical (unpaired) electrons. The zero-order valence-corrected chi connectivity index (χ0v) is 14.0. The molecule has 14 heavy (non-hydrogen) atoms. The summed E-state index contributed by atoms with van der Waals surface area (Å²) in [5.41, 5.74) is 0. The molecule has 0 aliphatic rings. The van der Waals surface area contributed by atoms with Gasteiger partial charge in [0, 0.05) is 0 Å².